The topological polar surface area (TPSA) is 63.2 Å². The highest BCUT2D eigenvalue weighted by Crippen LogP contribution is 2.20. The maximum atomic E-state index is 13.2. The molecule has 1 N–H and O–H groups in total. The van der Waals surface area contributed by atoms with Crippen molar-refractivity contribution < 1.29 is 17.6 Å². The van der Waals surface area contributed by atoms with Crippen LogP contribution in [0.25, 0.3) is 0 Å². The summed E-state index contributed by atoms with van der Waals surface area (Å²) in [4.78, 5) is 12.4. The van der Waals surface area contributed by atoms with Crippen LogP contribution in [-0.2, 0) is 10.0 Å². The van der Waals surface area contributed by atoms with Crippen LogP contribution in [0.5, 0.6) is 0 Å². The molecule has 128 valence electrons. The van der Waals surface area contributed by atoms with E-state index in [0.717, 1.165) is 6.07 Å². The van der Waals surface area contributed by atoms with Gasteiger partial charge in [0.1, 0.15) is 5.82 Å². The molecule has 2 aromatic rings. The summed E-state index contributed by atoms with van der Waals surface area (Å²) in [6.45, 7) is 5.21. The van der Waals surface area contributed by atoms with Gasteiger partial charge in [-0.1, -0.05) is 11.6 Å². The minimum Gasteiger partial charge on any atom is -0.289 e. The number of halogens is 2. The van der Waals surface area contributed by atoms with E-state index in [2.05, 4.69) is 4.72 Å². The Morgan fingerprint density at radius 3 is 2.08 bits per heavy atom. The van der Waals surface area contributed by atoms with Gasteiger partial charge < -0.3 is 0 Å². The molecule has 4 nitrogen and oxygen atoms in total. The van der Waals surface area contributed by atoms with Crippen molar-refractivity contribution in [1.29, 1.82) is 0 Å². The molecule has 0 aliphatic heterocycles. The van der Waals surface area contributed by atoms with Crippen LogP contribution in [0.15, 0.2) is 47.4 Å². The van der Waals surface area contributed by atoms with Gasteiger partial charge in [-0.3, -0.25) is 4.79 Å². The molecule has 2 rings (SSSR count). The summed E-state index contributed by atoms with van der Waals surface area (Å²) in [5.74, 6) is -0.979. The van der Waals surface area contributed by atoms with E-state index in [-0.39, 0.29) is 26.8 Å². The Bertz CT molecular complexity index is 872. The minimum absolute atomic E-state index is 0.0612. The number of rotatable bonds is 4. The van der Waals surface area contributed by atoms with Gasteiger partial charge in [-0.2, -0.15) is 0 Å². The van der Waals surface area contributed by atoms with Crippen LogP contribution in [0.4, 0.5) is 4.39 Å². The molecule has 0 bridgehead atoms. The van der Waals surface area contributed by atoms with Gasteiger partial charge in [0, 0.05) is 16.7 Å². The Kier molecular flexibility index (Phi) is 5.13. The Morgan fingerprint density at radius 2 is 1.58 bits per heavy atom. The zero-order valence-corrected chi connectivity index (χ0v) is 15.0. The molecule has 0 spiro atoms. The van der Waals surface area contributed by atoms with Gasteiger partial charge in [-0.25, -0.2) is 17.5 Å². The molecule has 0 atom stereocenters. The van der Waals surface area contributed by atoms with E-state index in [4.69, 9.17) is 11.6 Å². The molecule has 0 heterocycles. The summed E-state index contributed by atoms with van der Waals surface area (Å²) in [7, 11) is -3.67. The van der Waals surface area contributed by atoms with E-state index in [1.807, 2.05) is 0 Å². The van der Waals surface area contributed by atoms with Crippen LogP contribution in [0, 0.1) is 5.82 Å². The quantitative estimate of drug-likeness (QED) is 0.834. The maximum Gasteiger partial charge on any atom is 0.241 e. The van der Waals surface area contributed by atoms with Crippen molar-refractivity contribution in [1.82, 2.24) is 4.72 Å². The molecule has 0 aliphatic rings. The number of hydrogen-bond acceptors (Lipinski definition) is 3. The number of ketones is 1. The first-order valence-corrected chi connectivity index (χ1v) is 8.99. The first-order chi connectivity index (χ1) is 11.0. The lowest BCUT2D eigenvalue weighted by atomic mass is 10.0. The molecule has 2 aromatic carbocycles. The Labute approximate surface area is 145 Å². The van der Waals surface area contributed by atoms with Gasteiger partial charge in [0.15, 0.2) is 5.78 Å². The van der Waals surface area contributed by atoms with E-state index >= 15 is 0 Å². The van der Waals surface area contributed by atoms with Gasteiger partial charge in [-0.15, -0.1) is 0 Å². The lowest BCUT2D eigenvalue weighted by molar-refractivity contribution is 0.103. The second-order valence-corrected chi connectivity index (χ2v) is 8.43. The SMILES string of the molecule is CC(C)(C)NS(=O)(=O)c1ccc(C(=O)c2ccc(F)c(Cl)c2)cc1. The second-order valence-electron chi connectivity index (χ2n) is 6.34. The highest BCUT2D eigenvalue weighted by Gasteiger charge is 2.22. The number of carbonyl (C=O) groups is 1. The van der Waals surface area contributed by atoms with Gasteiger partial charge in [0.05, 0.1) is 9.92 Å². The molecule has 7 heteroatoms. The largest absolute Gasteiger partial charge is 0.289 e. The van der Waals surface area contributed by atoms with Crippen LogP contribution in [0.1, 0.15) is 36.7 Å². The van der Waals surface area contributed by atoms with Crippen molar-refractivity contribution in [2.24, 2.45) is 0 Å². The summed E-state index contributed by atoms with van der Waals surface area (Å²) in [5.41, 5.74) is -0.102. The average Bonchev–Trinajstić information content (AvgIpc) is 2.47. The molecular formula is C17H17ClFNO3S. The normalized spacial score (nSPS) is 12.2. The maximum absolute atomic E-state index is 13.2. The van der Waals surface area contributed by atoms with Gasteiger partial charge >= 0.3 is 0 Å². The van der Waals surface area contributed by atoms with Crippen LogP contribution in [-0.4, -0.2) is 19.7 Å². The molecule has 0 unspecified atom stereocenters. The van der Waals surface area contributed by atoms with Crippen LogP contribution < -0.4 is 4.72 Å². The Hall–Kier alpha value is -1.76. The molecule has 0 saturated heterocycles. The van der Waals surface area contributed by atoms with Crippen molar-refractivity contribution in [2.75, 3.05) is 0 Å². The average molecular weight is 370 g/mol. The second kappa shape index (κ2) is 6.63. The first-order valence-electron chi connectivity index (χ1n) is 7.13. The molecule has 0 fully saturated rings. The van der Waals surface area contributed by atoms with E-state index in [1.165, 1.54) is 36.4 Å². The smallest absolute Gasteiger partial charge is 0.241 e. The Balaban J connectivity index is 2.29. The van der Waals surface area contributed by atoms with Crippen molar-refractivity contribution in [3.05, 3.63) is 64.4 Å². The third kappa shape index (κ3) is 4.41. The number of carbonyl (C=O) groups excluding carboxylic acids is 1. The third-order valence-corrected chi connectivity index (χ3v) is 5.11. The predicted molar refractivity (Wildman–Crippen MR) is 91.4 cm³/mol. The monoisotopic (exact) mass is 369 g/mol. The van der Waals surface area contributed by atoms with Crippen molar-refractivity contribution >= 4 is 27.4 Å². The summed E-state index contributed by atoms with van der Waals surface area (Å²) in [6, 6.07) is 9.22. The molecular weight excluding hydrogens is 353 g/mol. The number of benzene rings is 2. The fourth-order valence-corrected chi connectivity index (χ4v) is 3.65. The highest BCUT2D eigenvalue weighted by atomic mass is 35.5. The molecule has 0 radical (unpaired) electrons. The fraction of sp³-hybridized carbons (Fsp3) is 0.235. The molecule has 0 amide bonds. The van der Waals surface area contributed by atoms with Crippen LogP contribution in [0.2, 0.25) is 5.02 Å². The van der Waals surface area contributed by atoms with Crippen molar-refractivity contribution in [3.63, 3.8) is 0 Å². The number of nitrogens with one attached hydrogen (secondary N) is 1. The molecule has 0 saturated carbocycles. The first kappa shape index (κ1) is 18.6. The van der Waals surface area contributed by atoms with Gasteiger partial charge in [-0.05, 0) is 63.2 Å². The predicted octanol–water partition coefficient (Wildman–Crippen LogP) is 3.79. The summed E-state index contributed by atoms with van der Waals surface area (Å²) in [6.07, 6.45) is 0. The van der Waals surface area contributed by atoms with E-state index in [0.29, 0.717) is 0 Å². The summed E-state index contributed by atoms with van der Waals surface area (Å²) in [5, 5.41) is -0.144. The Morgan fingerprint density at radius 1 is 1.04 bits per heavy atom. The van der Waals surface area contributed by atoms with Crippen LogP contribution in [0.3, 0.4) is 0 Å². The number of hydrogen-bond donors (Lipinski definition) is 1. The van der Waals surface area contributed by atoms with Crippen LogP contribution >= 0.6 is 11.6 Å². The molecule has 24 heavy (non-hydrogen) atoms. The molecule has 0 aromatic heterocycles. The van der Waals surface area contributed by atoms with Gasteiger partial charge in [0.25, 0.3) is 0 Å². The standard InChI is InChI=1S/C17H17ClFNO3S/c1-17(2,3)20-24(22,23)13-7-4-11(5-8-13)16(21)12-6-9-15(19)14(18)10-12/h4-10,20H,1-3H3. The van der Waals surface area contributed by atoms with Crippen molar-refractivity contribution in [2.45, 2.75) is 31.2 Å². The van der Waals surface area contributed by atoms with Gasteiger partial charge in [0.2, 0.25) is 10.0 Å². The zero-order chi connectivity index (χ0) is 18.1. The summed E-state index contributed by atoms with van der Waals surface area (Å²) >= 11 is 5.68. The van der Waals surface area contributed by atoms with Crippen molar-refractivity contribution in [3.8, 4) is 0 Å². The highest BCUT2D eigenvalue weighted by molar-refractivity contribution is 7.89. The lowest BCUT2D eigenvalue weighted by Gasteiger charge is -2.20. The minimum atomic E-state index is -3.67. The lowest BCUT2D eigenvalue weighted by Crippen LogP contribution is -2.40. The summed E-state index contributed by atoms with van der Waals surface area (Å²) < 4.78 is 40.2. The molecule has 0 aliphatic carbocycles. The number of sulfonamides is 1. The van der Waals surface area contributed by atoms with E-state index < -0.39 is 21.4 Å². The van der Waals surface area contributed by atoms with E-state index in [1.54, 1.807) is 20.8 Å². The fourth-order valence-electron chi connectivity index (χ4n) is 2.05. The van der Waals surface area contributed by atoms with E-state index in [9.17, 15) is 17.6 Å². The zero-order valence-electron chi connectivity index (χ0n) is 13.4. The third-order valence-electron chi connectivity index (χ3n) is 3.05.